The number of carbonyl (C=O) groups excluding carboxylic acids is 1. The Labute approximate surface area is 165 Å². The molecular formula is C23H25N3O2. The smallest absolute Gasteiger partial charge is 0.322 e. The maximum Gasteiger partial charge on any atom is 0.322 e. The number of anilines is 1. The van der Waals surface area contributed by atoms with Crippen molar-refractivity contribution in [2.45, 2.75) is 26.4 Å². The summed E-state index contributed by atoms with van der Waals surface area (Å²) in [6.07, 6.45) is 2.07. The highest BCUT2D eigenvalue weighted by Gasteiger charge is 2.33. The van der Waals surface area contributed by atoms with Crippen LogP contribution in [0.2, 0.25) is 0 Å². The Morgan fingerprint density at radius 1 is 1.07 bits per heavy atom. The molecule has 0 saturated carbocycles. The largest absolute Gasteiger partial charge is 0.495 e. The summed E-state index contributed by atoms with van der Waals surface area (Å²) in [6, 6.07) is 19.7. The van der Waals surface area contributed by atoms with Gasteiger partial charge >= 0.3 is 6.03 Å². The molecule has 5 nitrogen and oxygen atoms in total. The summed E-state index contributed by atoms with van der Waals surface area (Å²) in [5.41, 5.74) is 4.04. The average molecular weight is 375 g/mol. The number of hydrogen-bond donors (Lipinski definition) is 1. The second-order valence-electron chi connectivity index (χ2n) is 7.38. The van der Waals surface area contributed by atoms with Gasteiger partial charge in [-0.3, -0.25) is 0 Å². The van der Waals surface area contributed by atoms with Crippen molar-refractivity contribution in [3.63, 3.8) is 0 Å². The van der Waals surface area contributed by atoms with Gasteiger partial charge in [0.25, 0.3) is 0 Å². The van der Waals surface area contributed by atoms with Gasteiger partial charge < -0.3 is 19.5 Å². The predicted octanol–water partition coefficient (Wildman–Crippen LogP) is 5.23. The first-order valence-electron chi connectivity index (χ1n) is 9.56. The zero-order chi connectivity index (χ0) is 19.7. The quantitative estimate of drug-likeness (QED) is 0.681. The highest BCUT2D eigenvalue weighted by molar-refractivity contribution is 5.91. The fourth-order valence-electron chi connectivity index (χ4n) is 4.01. The monoisotopic (exact) mass is 375 g/mol. The number of fused-ring (bicyclic) bond motifs is 3. The van der Waals surface area contributed by atoms with E-state index in [-0.39, 0.29) is 18.0 Å². The minimum atomic E-state index is -0.132. The Morgan fingerprint density at radius 2 is 1.82 bits per heavy atom. The maximum absolute atomic E-state index is 13.4. The van der Waals surface area contributed by atoms with E-state index in [1.165, 1.54) is 0 Å². The number of benzene rings is 2. The number of urea groups is 1. The number of aromatic nitrogens is 1. The van der Waals surface area contributed by atoms with Gasteiger partial charge in [-0.05, 0) is 41.8 Å². The molecule has 1 N–H and O–H groups in total. The van der Waals surface area contributed by atoms with Crippen LogP contribution >= 0.6 is 0 Å². The van der Waals surface area contributed by atoms with Crippen LogP contribution in [0.4, 0.5) is 10.5 Å². The molecule has 1 aliphatic heterocycles. The number of nitrogens with zero attached hydrogens (tertiary/aromatic N) is 2. The van der Waals surface area contributed by atoms with E-state index in [9.17, 15) is 4.79 Å². The molecule has 0 bridgehead atoms. The number of nitrogens with one attached hydrogen (secondary N) is 1. The lowest BCUT2D eigenvalue weighted by Crippen LogP contribution is -2.39. The van der Waals surface area contributed by atoms with E-state index in [1.807, 2.05) is 47.4 Å². The summed E-state index contributed by atoms with van der Waals surface area (Å²) in [5.74, 6) is 0.905. The number of para-hydroxylation sites is 3. The van der Waals surface area contributed by atoms with Crippen LogP contribution in [-0.4, -0.2) is 22.6 Å². The lowest BCUT2D eigenvalue weighted by molar-refractivity contribution is 0.162. The Kier molecular flexibility index (Phi) is 4.82. The molecule has 0 unspecified atom stereocenters. The summed E-state index contributed by atoms with van der Waals surface area (Å²) < 4.78 is 7.60. The SMILES string of the molecule is COc1ccccc1NC(=O)N1Cc2ccccc2-n2cccc2[C@H]1C(C)C. The van der Waals surface area contributed by atoms with Crippen LogP contribution in [0.1, 0.15) is 31.1 Å². The Balaban J connectivity index is 1.76. The molecule has 0 spiro atoms. The lowest BCUT2D eigenvalue weighted by Gasteiger charge is -2.33. The number of hydrogen-bond acceptors (Lipinski definition) is 2. The summed E-state index contributed by atoms with van der Waals surface area (Å²) in [5, 5.41) is 3.05. The molecule has 1 atom stereocenters. The molecule has 2 amide bonds. The second-order valence-corrected chi connectivity index (χ2v) is 7.38. The van der Waals surface area contributed by atoms with E-state index >= 15 is 0 Å². The minimum absolute atomic E-state index is 0.0443. The summed E-state index contributed by atoms with van der Waals surface area (Å²) in [7, 11) is 1.61. The van der Waals surface area contributed by atoms with E-state index in [2.05, 4.69) is 48.1 Å². The first kappa shape index (κ1) is 18.2. The van der Waals surface area contributed by atoms with Gasteiger partial charge in [-0.15, -0.1) is 0 Å². The molecule has 0 saturated heterocycles. The molecule has 0 fully saturated rings. The van der Waals surface area contributed by atoms with Crippen molar-refractivity contribution in [3.05, 3.63) is 78.1 Å². The summed E-state index contributed by atoms with van der Waals surface area (Å²) in [6.45, 7) is 4.85. The molecule has 2 heterocycles. The van der Waals surface area contributed by atoms with Gasteiger partial charge in [0, 0.05) is 11.9 Å². The normalized spacial score (nSPS) is 15.6. The minimum Gasteiger partial charge on any atom is -0.495 e. The third-order valence-electron chi connectivity index (χ3n) is 5.25. The third-order valence-corrected chi connectivity index (χ3v) is 5.25. The molecule has 0 aliphatic carbocycles. The maximum atomic E-state index is 13.4. The van der Waals surface area contributed by atoms with Crippen molar-refractivity contribution in [2.24, 2.45) is 5.92 Å². The molecule has 0 radical (unpaired) electrons. The molecule has 5 heteroatoms. The zero-order valence-electron chi connectivity index (χ0n) is 16.4. The van der Waals surface area contributed by atoms with E-state index < -0.39 is 0 Å². The number of amides is 2. The van der Waals surface area contributed by atoms with Gasteiger partial charge in [0.2, 0.25) is 0 Å². The van der Waals surface area contributed by atoms with Gasteiger partial charge in [0.15, 0.2) is 0 Å². The first-order valence-corrected chi connectivity index (χ1v) is 9.56. The fraction of sp³-hybridized carbons (Fsp3) is 0.261. The number of rotatable bonds is 3. The van der Waals surface area contributed by atoms with Crippen LogP contribution < -0.4 is 10.1 Å². The van der Waals surface area contributed by atoms with Gasteiger partial charge in [0.05, 0.1) is 31.1 Å². The van der Waals surface area contributed by atoms with E-state index in [4.69, 9.17) is 4.74 Å². The van der Waals surface area contributed by atoms with Gasteiger partial charge in [-0.2, -0.15) is 0 Å². The van der Waals surface area contributed by atoms with E-state index in [1.54, 1.807) is 7.11 Å². The van der Waals surface area contributed by atoms with Crippen LogP contribution in [0.25, 0.3) is 5.69 Å². The van der Waals surface area contributed by atoms with Crippen molar-refractivity contribution in [1.29, 1.82) is 0 Å². The van der Waals surface area contributed by atoms with Crippen LogP contribution in [0.3, 0.4) is 0 Å². The van der Waals surface area contributed by atoms with Gasteiger partial charge in [-0.1, -0.05) is 44.2 Å². The Morgan fingerprint density at radius 3 is 2.61 bits per heavy atom. The average Bonchev–Trinajstić information content (AvgIpc) is 3.11. The van der Waals surface area contributed by atoms with Crippen molar-refractivity contribution in [3.8, 4) is 11.4 Å². The van der Waals surface area contributed by atoms with Crippen LogP contribution in [-0.2, 0) is 6.54 Å². The predicted molar refractivity (Wildman–Crippen MR) is 111 cm³/mol. The van der Waals surface area contributed by atoms with Crippen molar-refractivity contribution < 1.29 is 9.53 Å². The highest BCUT2D eigenvalue weighted by Crippen LogP contribution is 2.37. The molecule has 2 aromatic carbocycles. The molecule has 3 aromatic rings. The molecule has 1 aromatic heterocycles. The van der Waals surface area contributed by atoms with E-state index in [0.717, 1.165) is 16.9 Å². The van der Waals surface area contributed by atoms with Crippen molar-refractivity contribution in [2.75, 3.05) is 12.4 Å². The highest BCUT2D eigenvalue weighted by atomic mass is 16.5. The second kappa shape index (κ2) is 7.43. The van der Waals surface area contributed by atoms with Crippen LogP contribution in [0, 0.1) is 5.92 Å². The standard InChI is InChI=1S/C23H25N3O2/c1-16(2)22-20-12-8-14-25(20)19-11-6-4-9-17(19)15-26(22)23(27)24-18-10-5-7-13-21(18)28-3/h4-14,16,22H,15H2,1-3H3,(H,24,27)/t22-/m1/s1. The first-order chi connectivity index (χ1) is 13.6. The summed E-state index contributed by atoms with van der Waals surface area (Å²) in [4.78, 5) is 15.3. The molecule has 28 heavy (non-hydrogen) atoms. The molecule has 1 aliphatic rings. The number of methoxy groups -OCH3 is 1. The lowest BCUT2D eigenvalue weighted by atomic mass is 9.99. The summed E-state index contributed by atoms with van der Waals surface area (Å²) >= 11 is 0. The van der Waals surface area contributed by atoms with Crippen molar-refractivity contribution in [1.82, 2.24) is 9.47 Å². The molecule has 144 valence electrons. The van der Waals surface area contributed by atoms with Gasteiger partial charge in [-0.25, -0.2) is 4.79 Å². The fourth-order valence-corrected chi connectivity index (χ4v) is 4.01. The number of ether oxygens (including phenoxy) is 1. The van der Waals surface area contributed by atoms with Crippen LogP contribution in [0.5, 0.6) is 5.75 Å². The Hall–Kier alpha value is -3.21. The molecule has 4 rings (SSSR count). The topological polar surface area (TPSA) is 46.5 Å². The van der Waals surface area contributed by atoms with Gasteiger partial charge in [0.1, 0.15) is 5.75 Å². The van der Waals surface area contributed by atoms with Crippen molar-refractivity contribution >= 4 is 11.7 Å². The van der Waals surface area contributed by atoms with Crippen LogP contribution in [0.15, 0.2) is 66.9 Å². The zero-order valence-corrected chi connectivity index (χ0v) is 16.4. The third kappa shape index (κ3) is 3.13. The number of carbonyl (C=O) groups is 1. The Bertz CT molecular complexity index is 993. The van der Waals surface area contributed by atoms with E-state index in [0.29, 0.717) is 18.0 Å². The molecular weight excluding hydrogens is 350 g/mol.